The Hall–Kier alpha value is -5.21. The van der Waals surface area contributed by atoms with E-state index in [1.807, 2.05) is 130 Å². The van der Waals surface area contributed by atoms with Crippen molar-refractivity contribution >= 4 is 63.8 Å². The summed E-state index contributed by atoms with van der Waals surface area (Å²) in [6.07, 6.45) is 38.2. The van der Waals surface area contributed by atoms with E-state index in [-0.39, 0.29) is 31.8 Å². The van der Waals surface area contributed by atoms with Gasteiger partial charge in [0.15, 0.2) is 0 Å². The molecule has 3 aromatic rings. The Morgan fingerprint density at radius 1 is 0.328 bits per heavy atom. The Bertz CT molecular complexity index is 2660. The predicted octanol–water partition coefficient (Wildman–Crippen LogP) is 10.8. The zero-order chi connectivity index (χ0) is 45.1. The minimum absolute atomic E-state index is 0. The molecular weight excluding hydrogens is 909 g/mol. The molecule has 9 nitrogen and oxygen atoms in total. The van der Waals surface area contributed by atoms with Gasteiger partial charge in [-0.15, -0.1) is 0 Å². The third-order valence-electron chi connectivity index (χ3n) is 11.2. The Balaban J connectivity index is 0.000000158. The summed E-state index contributed by atoms with van der Waals surface area (Å²) in [5, 5.41) is 0. The predicted molar refractivity (Wildman–Crippen MR) is 248 cm³/mol. The molecule has 0 N–H and O–H groups in total. The van der Waals surface area contributed by atoms with E-state index in [4.69, 9.17) is 0 Å². The van der Waals surface area contributed by atoms with E-state index in [9.17, 15) is 38.9 Å². The van der Waals surface area contributed by atoms with Gasteiger partial charge in [-0.25, -0.2) is 25.3 Å². The molecule has 13 heteroatoms. The molecule has 0 aliphatic heterocycles. The zero-order valence-electron chi connectivity index (χ0n) is 35.4. The minimum atomic E-state index is -4.54. The van der Waals surface area contributed by atoms with Crippen molar-refractivity contribution < 1.29 is 56.0 Å². The molecule has 0 saturated carbocycles. The van der Waals surface area contributed by atoms with Crippen LogP contribution in [0.3, 0.4) is 0 Å². The standard InChI is InChI=1S/3C17H16O3S.Fe/c3*1-12-10-15(13-6-2-3-7-13)17(21(18,19)20)16(11-12)14-8-4-5-9-14;/h3*2-6,8,10-11H,7,9H2,1H3,(H,18,19,20);/q;;;+3/p-3. The maximum absolute atomic E-state index is 11.8. The van der Waals surface area contributed by atoms with Crippen molar-refractivity contribution in [1.29, 1.82) is 0 Å². The molecule has 0 aromatic heterocycles. The fraction of sp³-hybridized carbons (Fsp3) is 0.176. The molecule has 6 aliphatic rings. The van der Waals surface area contributed by atoms with Crippen molar-refractivity contribution in [3.8, 4) is 0 Å². The number of aryl methyl sites for hydroxylation is 3. The largest absolute Gasteiger partial charge is 3.00 e. The second-order valence-electron chi connectivity index (χ2n) is 15.9. The van der Waals surface area contributed by atoms with Gasteiger partial charge in [-0.1, -0.05) is 146 Å². The minimum Gasteiger partial charge on any atom is -0.744 e. The van der Waals surface area contributed by atoms with Crippen LogP contribution in [0.4, 0.5) is 0 Å². The summed E-state index contributed by atoms with van der Waals surface area (Å²) in [5.41, 5.74) is 11.3. The maximum atomic E-state index is 11.8. The fourth-order valence-corrected chi connectivity index (χ4v) is 11.2. The van der Waals surface area contributed by atoms with E-state index < -0.39 is 30.4 Å². The van der Waals surface area contributed by atoms with Crippen LogP contribution in [0.25, 0.3) is 33.4 Å². The molecule has 0 fully saturated rings. The first-order chi connectivity index (χ1) is 29.9. The van der Waals surface area contributed by atoms with Crippen molar-refractivity contribution in [2.75, 3.05) is 0 Å². The van der Waals surface area contributed by atoms with E-state index in [1.54, 1.807) is 36.4 Å². The van der Waals surface area contributed by atoms with Crippen molar-refractivity contribution in [3.05, 3.63) is 196 Å². The van der Waals surface area contributed by atoms with Gasteiger partial charge in [0.1, 0.15) is 30.4 Å². The van der Waals surface area contributed by atoms with Crippen LogP contribution in [-0.2, 0) is 47.4 Å². The zero-order valence-corrected chi connectivity index (χ0v) is 38.9. The van der Waals surface area contributed by atoms with E-state index in [0.29, 0.717) is 71.9 Å². The third-order valence-corrected chi connectivity index (χ3v) is 14.0. The molecule has 0 unspecified atom stereocenters. The Morgan fingerprint density at radius 3 is 0.594 bits per heavy atom. The topological polar surface area (TPSA) is 172 Å². The maximum Gasteiger partial charge on any atom is 3.00 e. The Morgan fingerprint density at radius 2 is 0.484 bits per heavy atom. The molecule has 1 radical (unpaired) electrons. The van der Waals surface area contributed by atoms with Gasteiger partial charge in [-0.2, -0.15) is 0 Å². The summed E-state index contributed by atoms with van der Waals surface area (Å²) in [6.45, 7) is 5.75. The third kappa shape index (κ3) is 11.0. The van der Waals surface area contributed by atoms with Gasteiger partial charge >= 0.3 is 17.1 Å². The van der Waals surface area contributed by atoms with Gasteiger partial charge < -0.3 is 13.7 Å². The van der Waals surface area contributed by atoms with Crippen molar-refractivity contribution in [2.24, 2.45) is 0 Å². The van der Waals surface area contributed by atoms with Gasteiger partial charge in [0.05, 0.1) is 14.7 Å². The SMILES string of the molecule is Cc1cc(C2=CC=CC2)c(S(=O)(=O)[O-])c(C2=CC=CC2)c1.Cc1cc(C2=CC=CC2)c(S(=O)(=O)[O-])c(C2=CC=CC2)c1.Cc1cc(C2=CC=CC2)c(S(=O)(=O)[O-])c(C2=CC=CC2)c1.[Fe+3]. The molecule has 6 aliphatic carbocycles. The first-order valence-corrected chi connectivity index (χ1v) is 24.6. The van der Waals surface area contributed by atoms with Crippen LogP contribution in [-0.4, -0.2) is 38.9 Å². The Labute approximate surface area is 387 Å². The van der Waals surface area contributed by atoms with E-state index in [0.717, 1.165) is 50.1 Å². The summed E-state index contributed by atoms with van der Waals surface area (Å²) in [4.78, 5) is -0.256. The second-order valence-corrected chi connectivity index (χ2v) is 19.8. The van der Waals surface area contributed by atoms with E-state index in [1.165, 1.54) is 0 Å². The monoisotopic (exact) mass is 953 g/mol. The van der Waals surface area contributed by atoms with Crippen molar-refractivity contribution in [1.82, 2.24) is 0 Å². The van der Waals surface area contributed by atoms with Crippen LogP contribution in [0, 0.1) is 20.8 Å². The molecular formula is C51H45FeO9S3. The fourth-order valence-electron chi connectivity index (χ4n) is 8.44. The molecule has 64 heavy (non-hydrogen) atoms. The first kappa shape index (κ1) is 48.3. The summed E-state index contributed by atoms with van der Waals surface area (Å²) in [6, 6.07) is 10.7. The average molecular weight is 954 g/mol. The first-order valence-electron chi connectivity index (χ1n) is 20.4. The summed E-state index contributed by atoms with van der Waals surface area (Å²) in [5.74, 6) is 0. The number of allylic oxidation sites excluding steroid dienone is 24. The molecule has 0 heterocycles. The van der Waals surface area contributed by atoms with Crippen LogP contribution in [0.2, 0.25) is 0 Å². The number of hydrogen-bond acceptors (Lipinski definition) is 9. The van der Waals surface area contributed by atoms with E-state index in [2.05, 4.69) is 0 Å². The quantitative estimate of drug-likeness (QED) is 0.149. The van der Waals surface area contributed by atoms with Crippen LogP contribution in [0.5, 0.6) is 0 Å². The molecule has 0 spiro atoms. The summed E-state index contributed by atoms with van der Waals surface area (Å²) >= 11 is 0. The molecule has 0 atom stereocenters. The molecule has 329 valence electrons. The molecule has 9 rings (SSSR count). The van der Waals surface area contributed by atoms with Crippen LogP contribution in [0.1, 0.15) is 88.6 Å². The Kier molecular flexibility index (Phi) is 15.0. The molecule has 3 aromatic carbocycles. The van der Waals surface area contributed by atoms with Crippen LogP contribution < -0.4 is 0 Å². The normalized spacial score (nSPS) is 17.0. The number of hydrogen-bond donors (Lipinski definition) is 0. The average Bonchev–Trinajstić information content (AvgIpc) is 4.08. The van der Waals surface area contributed by atoms with Gasteiger partial charge in [0.25, 0.3) is 0 Å². The van der Waals surface area contributed by atoms with Gasteiger partial charge in [-0.3, -0.25) is 0 Å². The molecule has 0 amide bonds. The number of benzene rings is 3. The van der Waals surface area contributed by atoms with Gasteiger partial charge in [0, 0.05) is 0 Å². The smallest absolute Gasteiger partial charge is 0.744 e. The number of rotatable bonds is 9. The summed E-state index contributed by atoms with van der Waals surface area (Å²) < 4.78 is 107. The molecule has 0 saturated heterocycles. The van der Waals surface area contributed by atoms with Gasteiger partial charge in [0.2, 0.25) is 0 Å². The van der Waals surface area contributed by atoms with Crippen molar-refractivity contribution in [2.45, 2.75) is 74.0 Å². The van der Waals surface area contributed by atoms with E-state index >= 15 is 0 Å². The second kappa shape index (κ2) is 19.9. The van der Waals surface area contributed by atoms with Crippen LogP contribution >= 0.6 is 0 Å². The summed E-state index contributed by atoms with van der Waals surface area (Å²) in [7, 11) is -13.6. The van der Waals surface area contributed by atoms with Crippen LogP contribution in [0.15, 0.2) is 160 Å². The van der Waals surface area contributed by atoms with Crippen molar-refractivity contribution in [3.63, 3.8) is 0 Å². The molecule has 0 bridgehead atoms. The van der Waals surface area contributed by atoms with Gasteiger partial charge in [-0.05, 0) is 143 Å².